The average molecular weight is 710 g/mol. The van der Waals surface area contributed by atoms with Crippen LogP contribution in [-0.2, 0) is 25.5 Å². The summed E-state index contributed by atoms with van der Waals surface area (Å²) in [6, 6.07) is 23.9. The number of benzene rings is 4. The van der Waals surface area contributed by atoms with Crippen molar-refractivity contribution in [3.8, 4) is 33.8 Å². The number of ether oxygens (including phenoxy) is 4. The van der Waals surface area contributed by atoms with Gasteiger partial charge in [-0.1, -0.05) is 49.6 Å². The molecule has 0 bridgehead atoms. The molecule has 52 heavy (non-hydrogen) atoms. The van der Waals surface area contributed by atoms with Crippen LogP contribution in [0.3, 0.4) is 0 Å². The zero-order valence-corrected chi connectivity index (χ0v) is 28.8. The minimum absolute atomic E-state index is 0.119. The van der Waals surface area contributed by atoms with Crippen LogP contribution in [0.25, 0.3) is 22.3 Å². The highest BCUT2D eigenvalue weighted by atomic mass is 19.1. The van der Waals surface area contributed by atoms with Gasteiger partial charge in [0.2, 0.25) is 5.83 Å². The van der Waals surface area contributed by atoms with Crippen LogP contribution in [0.5, 0.6) is 11.5 Å². The van der Waals surface area contributed by atoms with Crippen molar-refractivity contribution in [1.82, 2.24) is 0 Å². The predicted molar refractivity (Wildman–Crippen MR) is 196 cm³/mol. The van der Waals surface area contributed by atoms with E-state index in [0.717, 1.165) is 61.9 Å². The van der Waals surface area contributed by atoms with Crippen LogP contribution in [0.4, 0.5) is 8.78 Å². The van der Waals surface area contributed by atoms with Gasteiger partial charge in [0, 0.05) is 23.4 Å². The number of carbonyl (C=O) groups is 3. The Morgan fingerprint density at radius 2 is 1.35 bits per heavy atom. The van der Waals surface area contributed by atoms with E-state index < -0.39 is 29.6 Å². The lowest BCUT2D eigenvalue weighted by Crippen LogP contribution is -2.09. The summed E-state index contributed by atoms with van der Waals surface area (Å²) in [7, 11) is 0. The van der Waals surface area contributed by atoms with Crippen molar-refractivity contribution >= 4 is 24.1 Å². The van der Waals surface area contributed by atoms with Crippen LogP contribution >= 0.6 is 0 Å². The first-order valence-corrected chi connectivity index (χ1v) is 17.0. The molecular weight excluding hydrogens is 668 g/mol. The maximum atomic E-state index is 15.5. The van der Waals surface area contributed by atoms with Crippen molar-refractivity contribution in [2.75, 3.05) is 19.8 Å². The molecule has 270 valence electrons. The summed E-state index contributed by atoms with van der Waals surface area (Å²) in [5.74, 6) is -2.77. The number of unbranched alkanes of at least 4 members (excludes halogenated alkanes) is 4. The van der Waals surface area contributed by atoms with Crippen molar-refractivity contribution in [3.05, 3.63) is 132 Å². The summed E-state index contributed by atoms with van der Waals surface area (Å²) < 4.78 is 49.2. The zero-order chi connectivity index (χ0) is 37.3. The first kappa shape index (κ1) is 38.9. The quantitative estimate of drug-likeness (QED) is 0.0320. The Morgan fingerprint density at radius 3 is 2.02 bits per heavy atom. The molecule has 0 fully saturated rings. The average Bonchev–Trinajstić information content (AvgIpc) is 3.16. The zero-order valence-electron chi connectivity index (χ0n) is 28.8. The van der Waals surface area contributed by atoms with E-state index in [1.807, 2.05) is 30.3 Å². The Hall–Kier alpha value is -5.90. The van der Waals surface area contributed by atoms with Crippen molar-refractivity contribution in [1.29, 1.82) is 5.41 Å². The molecule has 0 aliphatic rings. The van der Waals surface area contributed by atoms with E-state index in [-0.39, 0.29) is 12.4 Å². The van der Waals surface area contributed by atoms with Crippen LogP contribution < -0.4 is 9.47 Å². The summed E-state index contributed by atoms with van der Waals surface area (Å²) in [4.78, 5) is 35.0. The molecule has 8 nitrogen and oxygen atoms in total. The van der Waals surface area contributed by atoms with E-state index in [1.54, 1.807) is 42.5 Å². The van der Waals surface area contributed by atoms with Crippen molar-refractivity contribution in [2.24, 2.45) is 0 Å². The highest BCUT2D eigenvalue weighted by Crippen LogP contribution is 2.32. The number of hydrogen-bond acceptors (Lipinski definition) is 8. The Bertz CT molecular complexity index is 1870. The van der Waals surface area contributed by atoms with E-state index in [0.29, 0.717) is 53.2 Å². The third kappa shape index (κ3) is 11.9. The van der Waals surface area contributed by atoms with E-state index >= 15 is 4.39 Å². The maximum Gasteiger partial charge on any atom is 0.366 e. The monoisotopic (exact) mass is 709 g/mol. The Balaban J connectivity index is 1.27. The SMILES string of the molecule is C=CC(=O)OCCCCCCOc1ccc(C(=O)Oc2ccc(-c3ccc(-c4ccc(CCCCOC(=O)C(=C)F)cc4)cc3F)c(C=N)c2)cc1. The second-order valence-electron chi connectivity index (χ2n) is 11.8. The summed E-state index contributed by atoms with van der Waals surface area (Å²) in [6.45, 7) is 7.27. The van der Waals surface area contributed by atoms with Crippen molar-refractivity contribution in [3.63, 3.8) is 0 Å². The molecule has 10 heteroatoms. The lowest BCUT2D eigenvalue weighted by Gasteiger charge is -2.12. The van der Waals surface area contributed by atoms with E-state index in [2.05, 4.69) is 13.2 Å². The molecule has 4 aromatic carbocycles. The molecule has 0 unspecified atom stereocenters. The molecule has 0 aliphatic heterocycles. The lowest BCUT2D eigenvalue weighted by molar-refractivity contribution is -0.141. The smallest absolute Gasteiger partial charge is 0.366 e. The van der Waals surface area contributed by atoms with Gasteiger partial charge in [-0.05, 0) is 116 Å². The molecule has 0 aromatic heterocycles. The first-order chi connectivity index (χ1) is 25.2. The molecule has 4 rings (SSSR count). The van der Waals surface area contributed by atoms with Gasteiger partial charge < -0.3 is 24.4 Å². The van der Waals surface area contributed by atoms with E-state index in [9.17, 15) is 18.8 Å². The maximum absolute atomic E-state index is 15.5. The van der Waals surface area contributed by atoms with Gasteiger partial charge in [0.1, 0.15) is 17.3 Å². The number of hydrogen-bond donors (Lipinski definition) is 1. The summed E-state index contributed by atoms with van der Waals surface area (Å²) in [6.07, 6.45) is 7.74. The highest BCUT2D eigenvalue weighted by molar-refractivity contribution is 5.93. The molecule has 0 radical (unpaired) electrons. The van der Waals surface area contributed by atoms with Gasteiger partial charge >= 0.3 is 17.9 Å². The fourth-order valence-corrected chi connectivity index (χ4v) is 5.25. The third-order valence-electron chi connectivity index (χ3n) is 8.06. The van der Waals surface area contributed by atoms with Crippen LogP contribution in [-0.4, -0.2) is 43.9 Å². The summed E-state index contributed by atoms with van der Waals surface area (Å²) in [5.41, 5.74) is 4.06. The van der Waals surface area contributed by atoms with E-state index in [4.69, 9.17) is 24.4 Å². The standard InChI is InChI=1S/C42H41F2NO7/c1-3-40(46)50-24-8-5-4-7-23-49-35-18-15-32(16-19-35)42(48)52-36-20-22-37(34(26-36)28-45)38-21-17-33(27-39(38)44)31-13-11-30(12-14-31)10-6-9-25-51-41(47)29(2)43/h3,11-22,26-28,45H,1-2,4-10,23-25H2. The van der Waals surface area contributed by atoms with Crippen LogP contribution in [0.2, 0.25) is 0 Å². The number of aryl methyl sites for hydroxylation is 1. The number of rotatable bonds is 20. The minimum Gasteiger partial charge on any atom is -0.494 e. The molecule has 1 N–H and O–H groups in total. The Labute approximate surface area is 302 Å². The molecule has 0 aliphatic carbocycles. The van der Waals surface area contributed by atoms with Gasteiger partial charge in [-0.3, -0.25) is 0 Å². The molecule has 4 aromatic rings. The number of nitrogens with one attached hydrogen (secondary N) is 1. The van der Waals surface area contributed by atoms with Gasteiger partial charge in [-0.2, -0.15) is 4.39 Å². The van der Waals surface area contributed by atoms with Gasteiger partial charge in [-0.25, -0.2) is 18.8 Å². The van der Waals surface area contributed by atoms with Crippen LogP contribution in [0.1, 0.15) is 60.0 Å². The molecule has 0 saturated heterocycles. The van der Waals surface area contributed by atoms with Crippen LogP contribution in [0.15, 0.2) is 110 Å². The van der Waals surface area contributed by atoms with Gasteiger partial charge in [0.15, 0.2) is 0 Å². The molecular formula is C42H41F2NO7. The van der Waals surface area contributed by atoms with Gasteiger partial charge in [0.25, 0.3) is 0 Å². The largest absolute Gasteiger partial charge is 0.494 e. The van der Waals surface area contributed by atoms with Crippen LogP contribution in [0, 0.1) is 11.2 Å². The lowest BCUT2D eigenvalue weighted by atomic mass is 9.96. The Kier molecular flexibility index (Phi) is 15.0. The van der Waals surface area contributed by atoms with Gasteiger partial charge in [-0.15, -0.1) is 0 Å². The molecule has 0 saturated carbocycles. The van der Waals surface area contributed by atoms with Gasteiger partial charge in [0.05, 0.1) is 25.4 Å². The molecule has 0 amide bonds. The van der Waals surface area contributed by atoms with Crippen molar-refractivity contribution < 1.29 is 42.1 Å². The highest BCUT2D eigenvalue weighted by Gasteiger charge is 2.15. The fourth-order valence-electron chi connectivity index (χ4n) is 5.25. The second kappa shape index (κ2) is 20.1. The molecule has 0 atom stereocenters. The molecule has 0 spiro atoms. The van der Waals surface area contributed by atoms with E-state index in [1.165, 1.54) is 12.1 Å². The number of halogens is 2. The second-order valence-corrected chi connectivity index (χ2v) is 11.8. The fraction of sp³-hybridized carbons (Fsp3) is 0.238. The topological polar surface area (TPSA) is 112 Å². The summed E-state index contributed by atoms with van der Waals surface area (Å²) >= 11 is 0. The number of esters is 3. The molecule has 0 heterocycles. The first-order valence-electron chi connectivity index (χ1n) is 17.0. The Morgan fingerprint density at radius 1 is 0.712 bits per heavy atom. The predicted octanol–water partition coefficient (Wildman–Crippen LogP) is 9.39. The number of carbonyl (C=O) groups excluding carboxylic acids is 3. The normalized spacial score (nSPS) is 10.6. The summed E-state index contributed by atoms with van der Waals surface area (Å²) in [5, 5.41) is 7.95. The third-order valence-corrected chi connectivity index (χ3v) is 8.06. The minimum atomic E-state index is -1.11. The van der Waals surface area contributed by atoms with Crippen molar-refractivity contribution in [2.45, 2.75) is 44.9 Å².